The summed E-state index contributed by atoms with van der Waals surface area (Å²) in [6, 6.07) is 14.1. The fourth-order valence-corrected chi connectivity index (χ4v) is 4.13. The molecule has 3 rings (SSSR count). The monoisotopic (exact) mass is 453 g/mol. The number of carboxylic acid groups (broad SMARTS) is 2. The molecule has 33 heavy (non-hydrogen) atoms. The second-order valence-electron chi connectivity index (χ2n) is 7.47. The molecular formula is C25H27NO7. The standard InChI is InChI=1S/C25H27NO7/c1-15-21(24(27)28)23(17-10-11-19(31-3)20(14-17)32-4)22(25(29)30)16(2)26(15)12-13-33-18-8-6-5-7-9-18/h5-11,14,23H,12-13H2,1-4H3,(H,27,28)(H,29,30). The maximum absolute atomic E-state index is 12.4. The number of benzene rings is 2. The average molecular weight is 453 g/mol. The SMILES string of the molecule is COc1ccc(C2C(C(=O)O)=C(C)N(CCOc3ccccc3)C(C)=C2C(=O)O)cc1OC. The zero-order valence-corrected chi connectivity index (χ0v) is 19.0. The van der Waals surface area contributed by atoms with Crippen LogP contribution in [0.1, 0.15) is 25.3 Å². The number of para-hydroxylation sites is 1. The number of carboxylic acids is 2. The predicted molar refractivity (Wildman–Crippen MR) is 122 cm³/mol. The summed E-state index contributed by atoms with van der Waals surface area (Å²) in [6.45, 7) is 3.90. The topological polar surface area (TPSA) is 106 Å². The largest absolute Gasteiger partial charge is 0.493 e. The van der Waals surface area contributed by atoms with E-state index in [1.165, 1.54) is 14.2 Å². The summed E-state index contributed by atoms with van der Waals surface area (Å²) < 4.78 is 16.4. The highest BCUT2D eigenvalue weighted by molar-refractivity contribution is 5.98. The minimum atomic E-state index is -1.19. The van der Waals surface area contributed by atoms with Crippen molar-refractivity contribution in [2.75, 3.05) is 27.4 Å². The third kappa shape index (κ3) is 4.79. The van der Waals surface area contributed by atoms with Gasteiger partial charge in [0.1, 0.15) is 12.4 Å². The van der Waals surface area contributed by atoms with E-state index in [0.29, 0.717) is 40.8 Å². The Morgan fingerprint density at radius 1 is 0.879 bits per heavy atom. The van der Waals surface area contributed by atoms with Gasteiger partial charge in [-0.2, -0.15) is 0 Å². The van der Waals surface area contributed by atoms with Crippen LogP contribution in [-0.2, 0) is 9.59 Å². The van der Waals surface area contributed by atoms with Crippen LogP contribution in [0.2, 0.25) is 0 Å². The van der Waals surface area contributed by atoms with Crippen LogP contribution in [-0.4, -0.2) is 54.4 Å². The molecule has 0 unspecified atom stereocenters. The fraction of sp³-hybridized carbons (Fsp3) is 0.280. The smallest absolute Gasteiger partial charge is 0.334 e. The van der Waals surface area contributed by atoms with E-state index >= 15 is 0 Å². The lowest BCUT2D eigenvalue weighted by atomic mass is 9.79. The van der Waals surface area contributed by atoms with E-state index < -0.39 is 17.9 Å². The number of nitrogens with zero attached hydrogens (tertiary/aromatic N) is 1. The summed E-state index contributed by atoms with van der Waals surface area (Å²) in [6.07, 6.45) is 0. The summed E-state index contributed by atoms with van der Waals surface area (Å²) in [5.74, 6) is -1.82. The van der Waals surface area contributed by atoms with Crippen molar-refractivity contribution in [3.05, 3.63) is 76.6 Å². The summed E-state index contributed by atoms with van der Waals surface area (Å²) in [7, 11) is 2.96. The predicted octanol–water partition coefficient (Wildman–Crippen LogP) is 3.90. The van der Waals surface area contributed by atoms with Gasteiger partial charge < -0.3 is 29.3 Å². The lowest BCUT2D eigenvalue weighted by Crippen LogP contribution is -2.36. The first-order valence-electron chi connectivity index (χ1n) is 10.4. The molecule has 0 saturated heterocycles. The van der Waals surface area contributed by atoms with Gasteiger partial charge in [0.2, 0.25) is 0 Å². The van der Waals surface area contributed by atoms with Gasteiger partial charge in [-0.3, -0.25) is 0 Å². The van der Waals surface area contributed by atoms with Gasteiger partial charge in [0.25, 0.3) is 0 Å². The third-order valence-corrected chi connectivity index (χ3v) is 5.70. The Balaban J connectivity index is 2.04. The summed E-state index contributed by atoms with van der Waals surface area (Å²) >= 11 is 0. The Kier molecular flexibility index (Phi) is 7.27. The molecule has 0 radical (unpaired) electrons. The lowest BCUT2D eigenvalue weighted by molar-refractivity contribution is -0.133. The van der Waals surface area contributed by atoms with E-state index in [1.807, 2.05) is 30.3 Å². The number of aliphatic carboxylic acids is 2. The van der Waals surface area contributed by atoms with E-state index in [4.69, 9.17) is 14.2 Å². The maximum atomic E-state index is 12.4. The summed E-state index contributed by atoms with van der Waals surface area (Å²) in [5, 5.41) is 20.2. The zero-order chi connectivity index (χ0) is 24.1. The van der Waals surface area contributed by atoms with E-state index in [1.54, 1.807) is 36.9 Å². The van der Waals surface area contributed by atoms with Gasteiger partial charge in [-0.25, -0.2) is 9.59 Å². The molecule has 0 bridgehead atoms. The summed E-state index contributed by atoms with van der Waals surface area (Å²) in [4.78, 5) is 26.4. The van der Waals surface area contributed by atoms with Crippen LogP contribution < -0.4 is 14.2 Å². The molecule has 0 saturated carbocycles. The van der Waals surface area contributed by atoms with Gasteiger partial charge in [-0.15, -0.1) is 0 Å². The number of hydrogen-bond acceptors (Lipinski definition) is 6. The minimum absolute atomic E-state index is 0.00932. The lowest BCUT2D eigenvalue weighted by Gasteiger charge is -2.37. The zero-order valence-electron chi connectivity index (χ0n) is 19.0. The molecule has 0 spiro atoms. The van der Waals surface area contributed by atoms with Gasteiger partial charge in [0.05, 0.1) is 37.8 Å². The van der Waals surface area contributed by atoms with Crippen LogP contribution in [0.15, 0.2) is 71.1 Å². The molecule has 2 aromatic rings. The van der Waals surface area contributed by atoms with Crippen molar-refractivity contribution in [3.8, 4) is 17.2 Å². The van der Waals surface area contributed by atoms with Crippen LogP contribution in [0.25, 0.3) is 0 Å². The molecule has 0 aromatic heterocycles. The normalized spacial score (nSPS) is 14.4. The third-order valence-electron chi connectivity index (χ3n) is 5.70. The highest BCUT2D eigenvalue weighted by atomic mass is 16.5. The van der Waals surface area contributed by atoms with Crippen molar-refractivity contribution >= 4 is 11.9 Å². The molecular weight excluding hydrogens is 426 g/mol. The van der Waals surface area contributed by atoms with Gasteiger partial charge >= 0.3 is 11.9 Å². The highest BCUT2D eigenvalue weighted by Crippen LogP contribution is 2.43. The molecule has 8 heteroatoms. The van der Waals surface area contributed by atoms with Crippen molar-refractivity contribution < 1.29 is 34.0 Å². The fourth-order valence-electron chi connectivity index (χ4n) is 4.13. The molecule has 1 aliphatic heterocycles. The maximum Gasteiger partial charge on any atom is 0.334 e. The number of allylic oxidation sites excluding steroid dienone is 2. The van der Waals surface area contributed by atoms with Crippen LogP contribution in [0.4, 0.5) is 0 Å². The average Bonchev–Trinajstić information content (AvgIpc) is 2.80. The first-order valence-corrected chi connectivity index (χ1v) is 10.4. The molecule has 0 atom stereocenters. The molecule has 0 fully saturated rings. The molecule has 2 N–H and O–H groups in total. The number of methoxy groups -OCH3 is 2. The molecule has 2 aromatic carbocycles. The van der Waals surface area contributed by atoms with Crippen molar-refractivity contribution in [3.63, 3.8) is 0 Å². The van der Waals surface area contributed by atoms with E-state index in [0.717, 1.165) is 0 Å². The van der Waals surface area contributed by atoms with E-state index in [9.17, 15) is 19.8 Å². The molecule has 1 aliphatic rings. The molecule has 0 amide bonds. The molecule has 1 heterocycles. The van der Waals surface area contributed by atoms with Crippen molar-refractivity contribution in [2.24, 2.45) is 0 Å². The number of carbonyl (C=O) groups is 2. The van der Waals surface area contributed by atoms with Crippen LogP contribution in [0.5, 0.6) is 17.2 Å². The highest BCUT2D eigenvalue weighted by Gasteiger charge is 2.39. The van der Waals surface area contributed by atoms with Gasteiger partial charge in [-0.05, 0) is 43.7 Å². The Labute approximate surface area is 192 Å². The van der Waals surface area contributed by atoms with Crippen LogP contribution in [0, 0.1) is 0 Å². The second kappa shape index (κ2) is 10.1. The van der Waals surface area contributed by atoms with Gasteiger partial charge in [0, 0.05) is 11.4 Å². The minimum Gasteiger partial charge on any atom is -0.493 e. The van der Waals surface area contributed by atoms with Gasteiger partial charge in [0.15, 0.2) is 11.5 Å². The van der Waals surface area contributed by atoms with Crippen molar-refractivity contribution in [2.45, 2.75) is 19.8 Å². The molecule has 8 nitrogen and oxygen atoms in total. The Bertz CT molecular complexity index is 1070. The van der Waals surface area contributed by atoms with Crippen molar-refractivity contribution in [1.29, 1.82) is 0 Å². The van der Waals surface area contributed by atoms with Gasteiger partial charge in [-0.1, -0.05) is 24.3 Å². The second-order valence-corrected chi connectivity index (χ2v) is 7.47. The molecule has 174 valence electrons. The number of hydrogen-bond donors (Lipinski definition) is 2. The Morgan fingerprint density at radius 2 is 1.45 bits per heavy atom. The first kappa shape index (κ1) is 23.7. The van der Waals surface area contributed by atoms with Crippen molar-refractivity contribution in [1.82, 2.24) is 4.90 Å². The first-order chi connectivity index (χ1) is 15.8. The van der Waals surface area contributed by atoms with E-state index in [2.05, 4.69) is 0 Å². The summed E-state index contributed by atoms with van der Waals surface area (Å²) in [5.41, 5.74) is 1.39. The number of rotatable bonds is 9. The number of ether oxygens (including phenoxy) is 3. The quantitative estimate of drug-likeness (QED) is 0.589. The van der Waals surface area contributed by atoms with Crippen LogP contribution >= 0.6 is 0 Å². The van der Waals surface area contributed by atoms with E-state index in [-0.39, 0.29) is 17.8 Å². The van der Waals surface area contributed by atoms with Crippen LogP contribution in [0.3, 0.4) is 0 Å². The Hall–Kier alpha value is -3.94. The Morgan fingerprint density at radius 3 is 1.97 bits per heavy atom. The molecule has 0 aliphatic carbocycles.